The second-order valence-electron chi connectivity index (χ2n) is 6.94. The number of hydrogen-bond acceptors (Lipinski definition) is 1. The molecule has 96 valence electrons. The summed E-state index contributed by atoms with van der Waals surface area (Å²) in [4.78, 5) is 0. The number of hydrogen-bond donors (Lipinski definition) is 0. The fourth-order valence-corrected chi connectivity index (χ4v) is 4.15. The molecule has 2 saturated carbocycles. The van der Waals surface area contributed by atoms with E-state index < -0.39 is 0 Å². The summed E-state index contributed by atoms with van der Waals surface area (Å²) in [6, 6.07) is 0. The Morgan fingerprint density at radius 2 is 1.88 bits per heavy atom. The van der Waals surface area contributed by atoms with Gasteiger partial charge in [0.15, 0.2) is 0 Å². The molecule has 3 aliphatic rings. The minimum atomic E-state index is 0.113. The van der Waals surface area contributed by atoms with Crippen molar-refractivity contribution in [2.24, 2.45) is 23.7 Å². The monoisotopic (exact) mass is 234 g/mol. The Labute approximate surface area is 106 Å². The van der Waals surface area contributed by atoms with Gasteiger partial charge in [-0.15, -0.1) is 0 Å². The zero-order chi connectivity index (χ0) is 11.9. The van der Waals surface area contributed by atoms with Crippen LogP contribution in [0.1, 0.15) is 52.4 Å². The van der Waals surface area contributed by atoms with Crippen LogP contribution in [-0.4, -0.2) is 12.2 Å². The second kappa shape index (κ2) is 4.42. The number of rotatable bonds is 4. The number of allylic oxidation sites excluding steroid dienone is 2. The van der Waals surface area contributed by atoms with Gasteiger partial charge in [-0.1, -0.05) is 25.0 Å². The van der Waals surface area contributed by atoms with E-state index in [4.69, 9.17) is 4.74 Å². The first-order valence-electron chi connectivity index (χ1n) is 7.47. The molecule has 0 spiro atoms. The fraction of sp³-hybridized carbons (Fsp3) is 0.875. The van der Waals surface area contributed by atoms with Gasteiger partial charge in [0.25, 0.3) is 0 Å². The average Bonchev–Trinajstić information content (AvgIpc) is 3.02. The highest BCUT2D eigenvalue weighted by Crippen LogP contribution is 2.44. The predicted octanol–water partition coefficient (Wildman–Crippen LogP) is 4.18. The van der Waals surface area contributed by atoms with Gasteiger partial charge >= 0.3 is 0 Å². The Bertz CT molecular complexity index is 299. The summed E-state index contributed by atoms with van der Waals surface area (Å²) in [6.07, 6.45) is 13.2. The maximum Gasteiger partial charge on any atom is 0.0654 e. The summed E-state index contributed by atoms with van der Waals surface area (Å²) in [5.74, 6) is 3.32. The molecular weight excluding hydrogens is 208 g/mol. The summed E-state index contributed by atoms with van der Waals surface area (Å²) < 4.78 is 6.32. The molecule has 17 heavy (non-hydrogen) atoms. The first-order valence-corrected chi connectivity index (χ1v) is 7.47. The second-order valence-corrected chi connectivity index (χ2v) is 6.94. The third-order valence-electron chi connectivity index (χ3n) is 5.42. The molecule has 3 rings (SSSR count). The van der Waals surface area contributed by atoms with Gasteiger partial charge in [0, 0.05) is 0 Å². The third-order valence-corrected chi connectivity index (χ3v) is 5.42. The van der Waals surface area contributed by atoms with Crippen LogP contribution in [0.2, 0.25) is 0 Å². The maximum atomic E-state index is 6.32. The fourth-order valence-electron chi connectivity index (χ4n) is 4.15. The lowest BCUT2D eigenvalue weighted by Gasteiger charge is -2.34. The van der Waals surface area contributed by atoms with Crippen molar-refractivity contribution in [3.8, 4) is 0 Å². The summed E-state index contributed by atoms with van der Waals surface area (Å²) in [5, 5.41) is 0. The summed E-state index contributed by atoms with van der Waals surface area (Å²) >= 11 is 0. The van der Waals surface area contributed by atoms with Crippen molar-refractivity contribution >= 4 is 0 Å². The Kier molecular flexibility index (Phi) is 3.06. The maximum absolute atomic E-state index is 6.32. The van der Waals surface area contributed by atoms with E-state index in [2.05, 4.69) is 26.0 Å². The average molecular weight is 234 g/mol. The molecule has 1 nitrogen and oxygen atoms in total. The topological polar surface area (TPSA) is 9.23 Å². The Balaban J connectivity index is 1.51. The van der Waals surface area contributed by atoms with Crippen molar-refractivity contribution in [2.45, 2.75) is 58.0 Å². The third kappa shape index (κ3) is 2.31. The van der Waals surface area contributed by atoms with Gasteiger partial charge in [-0.05, 0) is 63.2 Å². The largest absolute Gasteiger partial charge is 0.375 e. The lowest BCUT2D eigenvalue weighted by molar-refractivity contribution is -0.0752. The first-order chi connectivity index (χ1) is 8.15. The zero-order valence-electron chi connectivity index (χ0n) is 11.3. The van der Waals surface area contributed by atoms with E-state index >= 15 is 0 Å². The smallest absolute Gasteiger partial charge is 0.0654 e. The van der Waals surface area contributed by atoms with Crippen molar-refractivity contribution in [1.82, 2.24) is 0 Å². The quantitative estimate of drug-likeness (QED) is 0.663. The molecule has 0 aromatic rings. The van der Waals surface area contributed by atoms with E-state index in [0.29, 0.717) is 0 Å². The molecule has 1 heteroatoms. The van der Waals surface area contributed by atoms with Gasteiger partial charge in [0.2, 0.25) is 0 Å². The van der Waals surface area contributed by atoms with Crippen molar-refractivity contribution in [3.63, 3.8) is 0 Å². The molecule has 3 aliphatic carbocycles. The normalized spacial score (nSPS) is 37.2. The molecule has 0 aromatic carbocycles. The van der Waals surface area contributed by atoms with Crippen molar-refractivity contribution in [3.05, 3.63) is 12.2 Å². The first kappa shape index (κ1) is 11.8. The molecular formula is C16H26O. The van der Waals surface area contributed by atoms with E-state index in [1.165, 1.54) is 38.5 Å². The van der Waals surface area contributed by atoms with Crippen LogP contribution in [0.3, 0.4) is 0 Å². The van der Waals surface area contributed by atoms with E-state index in [-0.39, 0.29) is 5.60 Å². The minimum absolute atomic E-state index is 0.113. The lowest BCUT2D eigenvalue weighted by Crippen LogP contribution is -2.35. The molecule has 0 aliphatic heterocycles. The van der Waals surface area contributed by atoms with Gasteiger partial charge in [-0.3, -0.25) is 0 Å². The highest BCUT2D eigenvalue weighted by molar-refractivity contribution is 5.10. The molecule has 2 bridgehead atoms. The highest BCUT2D eigenvalue weighted by Gasteiger charge is 2.38. The Hall–Kier alpha value is -0.300. The van der Waals surface area contributed by atoms with E-state index in [1.54, 1.807) is 0 Å². The van der Waals surface area contributed by atoms with Crippen molar-refractivity contribution in [2.75, 3.05) is 6.61 Å². The lowest BCUT2D eigenvalue weighted by atomic mass is 9.88. The summed E-state index contributed by atoms with van der Waals surface area (Å²) in [5.41, 5.74) is 0.113. The molecule has 3 unspecified atom stereocenters. The standard InChI is InChI=1S/C16H26O/c1-16(2,15-5-3-4-6-15)17-11-14-10-12-7-8-13(14)9-12/h7-8,12-15H,3-6,9-11H2,1-2H3. The van der Waals surface area contributed by atoms with Crippen LogP contribution in [0.15, 0.2) is 12.2 Å². The Morgan fingerprint density at radius 1 is 1.12 bits per heavy atom. The van der Waals surface area contributed by atoms with Crippen LogP contribution in [0.4, 0.5) is 0 Å². The predicted molar refractivity (Wildman–Crippen MR) is 70.8 cm³/mol. The van der Waals surface area contributed by atoms with Gasteiger partial charge in [0.05, 0.1) is 12.2 Å². The van der Waals surface area contributed by atoms with E-state index in [1.807, 2.05) is 0 Å². The van der Waals surface area contributed by atoms with Crippen LogP contribution in [0.5, 0.6) is 0 Å². The summed E-state index contributed by atoms with van der Waals surface area (Å²) in [6.45, 7) is 5.62. The van der Waals surface area contributed by atoms with Gasteiger partial charge in [-0.25, -0.2) is 0 Å². The van der Waals surface area contributed by atoms with Crippen LogP contribution in [0, 0.1) is 23.7 Å². The SMILES string of the molecule is CC(C)(OCC1CC2C=CC1C2)C1CCCC1. The molecule has 0 saturated heterocycles. The number of fused-ring (bicyclic) bond motifs is 2. The van der Waals surface area contributed by atoms with Crippen LogP contribution in [0.25, 0.3) is 0 Å². The minimum Gasteiger partial charge on any atom is -0.375 e. The molecule has 0 N–H and O–H groups in total. The zero-order valence-corrected chi connectivity index (χ0v) is 11.3. The van der Waals surface area contributed by atoms with Crippen molar-refractivity contribution in [1.29, 1.82) is 0 Å². The molecule has 2 fully saturated rings. The Morgan fingerprint density at radius 3 is 2.47 bits per heavy atom. The molecule has 0 amide bonds. The van der Waals surface area contributed by atoms with Crippen LogP contribution >= 0.6 is 0 Å². The van der Waals surface area contributed by atoms with Gasteiger partial charge in [0.1, 0.15) is 0 Å². The van der Waals surface area contributed by atoms with E-state index in [0.717, 1.165) is 30.3 Å². The molecule has 0 radical (unpaired) electrons. The molecule has 3 atom stereocenters. The van der Waals surface area contributed by atoms with Crippen molar-refractivity contribution < 1.29 is 4.74 Å². The molecule has 0 heterocycles. The summed E-state index contributed by atoms with van der Waals surface area (Å²) in [7, 11) is 0. The van der Waals surface area contributed by atoms with Crippen LogP contribution < -0.4 is 0 Å². The highest BCUT2D eigenvalue weighted by atomic mass is 16.5. The van der Waals surface area contributed by atoms with Crippen LogP contribution in [-0.2, 0) is 4.74 Å². The van der Waals surface area contributed by atoms with Gasteiger partial charge < -0.3 is 4.74 Å². The van der Waals surface area contributed by atoms with Gasteiger partial charge in [-0.2, -0.15) is 0 Å². The molecule has 0 aromatic heterocycles. The number of ether oxygens (including phenoxy) is 1. The van der Waals surface area contributed by atoms with E-state index in [9.17, 15) is 0 Å².